The maximum Gasteiger partial charge on any atom is 0.230 e. The van der Waals surface area contributed by atoms with E-state index in [9.17, 15) is 4.79 Å². The predicted octanol–water partition coefficient (Wildman–Crippen LogP) is 3.20. The molecular formula is C16H22N4OS2. The maximum atomic E-state index is 11.8. The molecule has 2 N–H and O–H groups in total. The summed E-state index contributed by atoms with van der Waals surface area (Å²) in [4.78, 5) is 11.8. The van der Waals surface area contributed by atoms with Crippen molar-refractivity contribution in [3.63, 3.8) is 0 Å². The van der Waals surface area contributed by atoms with Crippen molar-refractivity contribution in [3.05, 3.63) is 35.9 Å². The number of rotatable bonds is 10. The number of benzene rings is 1. The molecular weight excluding hydrogens is 328 g/mol. The van der Waals surface area contributed by atoms with Crippen molar-refractivity contribution in [1.29, 1.82) is 0 Å². The molecule has 0 aliphatic rings. The second-order valence-electron chi connectivity index (χ2n) is 5.03. The zero-order chi connectivity index (χ0) is 16.3. The molecule has 2 aromatic rings. The Hall–Kier alpha value is -1.60. The number of thioether (sulfide) groups is 1. The van der Waals surface area contributed by atoms with Crippen LogP contribution < -0.4 is 10.6 Å². The Balaban J connectivity index is 1.58. The van der Waals surface area contributed by atoms with Crippen LogP contribution in [0.15, 0.2) is 34.7 Å². The number of carbonyl (C=O) groups is 1. The van der Waals surface area contributed by atoms with Crippen LogP contribution in [0.3, 0.4) is 0 Å². The van der Waals surface area contributed by atoms with Crippen molar-refractivity contribution in [2.75, 3.05) is 24.2 Å². The van der Waals surface area contributed by atoms with E-state index in [0.717, 1.165) is 35.3 Å². The molecule has 1 heterocycles. The van der Waals surface area contributed by atoms with Crippen molar-refractivity contribution < 1.29 is 4.79 Å². The van der Waals surface area contributed by atoms with Crippen LogP contribution in [-0.2, 0) is 11.2 Å². The van der Waals surface area contributed by atoms with E-state index in [-0.39, 0.29) is 5.91 Å². The first-order valence-electron chi connectivity index (χ1n) is 7.78. The molecule has 0 atom stereocenters. The highest BCUT2D eigenvalue weighted by Gasteiger charge is 2.07. The molecule has 7 heteroatoms. The monoisotopic (exact) mass is 350 g/mol. The summed E-state index contributed by atoms with van der Waals surface area (Å²) in [6.45, 7) is 3.70. The van der Waals surface area contributed by atoms with Gasteiger partial charge < -0.3 is 10.6 Å². The molecule has 0 fully saturated rings. The molecule has 1 aromatic carbocycles. The van der Waals surface area contributed by atoms with Gasteiger partial charge in [0.25, 0.3) is 0 Å². The van der Waals surface area contributed by atoms with Gasteiger partial charge in [-0.1, -0.05) is 60.4 Å². The van der Waals surface area contributed by atoms with Gasteiger partial charge in [0.15, 0.2) is 4.34 Å². The van der Waals surface area contributed by atoms with E-state index in [1.807, 2.05) is 18.2 Å². The lowest BCUT2D eigenvalue weighted by atomic mass is 10.1. The van der Waals surface area contributed by atoms with E-state index in [4.69, 9.17) is 0 Å². The summed E-state index contributed by atoms with van der Waals surface area (Å²) in [6, 6.07) is 10.3. The van der Waals surface area contributed by atoms with Gasteiger partial charge in [0.2, 0.25) is 11.0 Å². The van der Waals surface area contributed by atoms with Crippen molar-refractivity contribution >= 4 is 34.1 Å². The van der Waals surface area contributed by atoms with E-state index >= 15 is 0 Å². The molecule has 0 bridgehead atoms. The normalized spacial score (nSPS) is 10.5. The molecule has 0 radical (unpaired) electrons. The molecule has 23 heavy (non-hydrogen) atoms. The van der Waals surface area contributed by atoms with Gasteiger partial charge in [-0.15, -0.1) is 10.2 Å². The fraction of sp³-hybridized carbons (Fsp3) is 0.438. The highest BCUT2D eigenvalue weighted by molar-refractivity contribution is 8.01. The minimum absolute atomic E-state index is 0.0429. The Bertz CT molecular complexity index is 589. The van der Waals surface area contributed by atoms with Crippen LogP contribution in [-0.4, -0.2) is 34.9 Å². The number of hydrogen-bond acceptors (Lipinski definition) is 6. The largest absolute Gasteiger partial charge is 0.360 e. The second kappa shape index (κ2) is 10.2. The lowest BCUT2D eigenvalue weighted by molar-refractivity contribution is -0.118. The third-order valence-electron chi connectivity index (χ3n) is 3.07. The average molecular weight is 351 g/mol. The Morgan fingerprint density at radius 1 is 1.22 bits per heavy atom. The maximum absolute atomic E-state index is 11.8. The average Bonchev–Trinajstić information content (AvgIpc) is 3.04. The van der Waals surface area contributed by atoms with Crippen LogP contribution in [0, 0.1) is 0 Å². The number of anilines is 1. The second-order valence-corrected chi connectivity index (χ2v) is 7.23. The van der Waals surface area contributed by atoms with E-state index in [1.54, 1.807) is 0 Å². The number of nitrogens with one attached hydrogen (secondary N) is 2. The van der Waals surface area contributed by atoms with Gasteiger partial charge in [-0.3, -0.25) is 4.79 Å². The lowest BCUT2D eigenvalue weighted by Crippen LogP contribution is -2.26. The molecule has 0 aliphatic heterocycles. The molecule has 0 spiro atoms. The molecule has 0 aliphatic carbocycles. The van der Waals surface area contributed by atoms with E-state index in [1.165, 1.54) is 28.7 Å². The minimum atomic E-state index is 0.0429. The zero-order valence-corrected chi connectivity index (χ0v) is 14.9. The molecule has 0 saturated heterocycles. The van der Waals surface area contributed by atoms with Gasteiger partial charge in [0, 0.05) is 13.1 Å². The van der Waals surface area contributed by atoms with Crippen LogP contribution in [0.5, 0.6) is 0 Å². The van der Waals surface area contributed by atoms with Crippen LogP contribution in [0.1, 0.15) is 25.3 Å². The summed E-state index contributed by atoms with van der Waals surface area (Å²) in [5, 5.41) is 15.1. The first-order chi connectivity index (χ1) is 11.3. The fourth-order valence-corrected chi connectivity index (χ4v) is 3.52. The molecule has 0 unspecified atom stereocenters. The Kier molecular flexibility index (Phi) is 7.89. The molecule has 124 valence electrons. The number of aryl methyl sites for hydroxylation is 1. The van der Waals surface area contributed by atoms with Gasteiger partial charge in [-0.25, -0.2) is 0 Å². The smallest absolute Gasteiger partial charge is 0.230 e. The van der Waals surface area contributed by atoms with Gasteiger partial charge in [0.05, 0.1) is 5.75 Å². The summed E-state index contributed by atoms with van der Waals surface area (Å²) in [5.41, 5.74) is 1.30. The standard InChI is InChI=1S/C16H22N4OS2/c1-2-10-18-15-19-20-16(23-15)22-12-14(21)17-11-6-9-13-7-4-3-5-8-13/h3-5,7-8H,2,6,9-12H2,1H3,(H,17,21)(H,18,19). The van der Waals surface area contributed by atoms with Crippen LogP contribution in [0.25, 0.3) is 0 Å². The van der Waals surface area contributed by atoms with Gasteiger partial charge >= 0.3 is 0 Å². The topological polar surface area (TPSA) is 66.9 Å². The quantitative estimate of drug-likeness (QED) is 0.509. The predicted molar refractivity (Wildman–Crippen MR) is 97.2 cm³/mol. The summed E-state index contributed by atoms with van der Waals surface area (Å²) >= 11 is 2.92. The Morgan fingerprint density at radius 3 is 2.83 bits per heavy atom. The highest BCUT2D eigenvalue weighted by Crippen LogP contribution is 2.25. The van der Waals surface area contributed by atoms with E-state index in [2.05, 4.69) is 39.9 Å². The summed E-state index contributed by atoms with van der Waals surface area (Å²) in [6.07, 6.45) is 2.98. The van der Waals surface area contributed by atoms with Crippen LogP contribution in [0.2, 0.25) is 0 Å². The first kappa shape index (κ1) is 17.7. The van der Waals surface area contributed by atoms with Crippen LogP contribution >= 0.6 is 23.1 Å². The van der Waals surface area contributed by atoms with E-state index < -0.39 is 0 Å². The number of nitrogens with zero attached hydrogens (tertiary/aromatic N) is 2. The minimum Gasteiger partial charge on any atom is -0.360 e. The third kappa shape index (κ3) is 7.00. The number of aromatic nitrogens is 2. The fourth-order valence-electron chi connectivity index (χ4n) is 1.91. The van der Waals surface area contributed by atoms with Crippen LogP contribution in [0.4, 0.5) is 5.13 Å². The number of amides is 1. The van der Waals surface area contributed by atoms with Crippen molar-refractivity contribution in [2.24, 2.45) is 0 Å². The lowest BCUT2D eigenvalue weighted by Gasteiger charge is -2.04. The summed E-state index contributed by atoms with van der Waals surface area (Å²) in [5.74, 6) is 0.426. The van der Waals surface area contributed by atoms with Gasteiger partial charge in [-0.2, -0.15) is 0 Å². The zero-order valence-electron chi connectivity index (χ0n) is 13.2. The molecule has 1 aromatic heterocycles. The third-order valence-corrected chi connectivity index (χ3v) is 5.08. The first-order valence-corrected chi connectivity index (χ1v) is 9.59. The van der Waals surface area contributed by atoms with Crippen molar-refractivity contribution in [2.45, 2.75) is 30.5 Å². The van der Waals surface area contributed by atoms with Gasteiger partial charge in [0.1, 0.15) is 0 Å². The molecule has 2 rings (SSSR count). The highest BCUT2D eigenvalue weighted by atomic mass is 32.2. The van der Waals surface area contributed by atoms with E-state index in [0.29, 0.717) is 12.3 Å². The number of hydrogen-bond donors (Lipinski definition) is 2. The number of carbonyl (C=O) groups excluding carboxylic acids is 1. The molecule has 1 amide bonds. The Labute approximate surface area is 145 Å². The molecule has 5 nitrogen and oxygen atoms in total. The Morgan fingerprint density at radius 2 is 2.04 bits per heavy atom. The summed E-state index contributed by atoms with van der Waals surface area (Å²) < 4.78 is 0.822. The van der Waals surface area contributed by atoms with Crippen molar-refractivity contribution in [3.8, 4) is 0 Å². The van der Waals surface area contributed by atoms with Crippen molar-refractivity contribution in [1.82, 2.24) is 15.5 Å². The van der Waals surface area contributed by atoms with Gasteiger partial charge in [-0.05, 0) is 24.8 Å². The summed E-state index contributed by atoms with van der Waals surface area (Å²) in [7, 11) is 0. The molecule has 0 saturated carbocycles. The SMILES string of the molecule is CCCNc1nnc(SCC(=O)NCCCc2ccccc2)s1.